The topological polar surface area (TPSA) is 77.7 Å². The van der Waals surface area contributed by atoms with Crippen molar-refractivity contribution in [2.24, 2.45) is 11.1 Å². The first kappa shape index (κ1) is 23.1. The van der Waals surface area contributed by atoms with Gasteiger partial charge < -0.3 is 20.1 Å². The number of rotatable bonds is 5. The Kier molecular flexibility index (Phi) is 8.02. The van der Waals surface area contributed by atoms with Crippen LogP contribution in [0, 0.1) is 5.41 Å². The molecular formula is C22H30ClN3O3. The molecular weight excluding hydrogens is 390 g/mol. The van der Waals surface area contributed by atoms with Gasteiger partial charge in [0.25, 0.3) is 5.91 Å². The van der Waals surface area contributed by atoms with Gasteiger partial charge in [0.15, 0.2) is 11.4 Å². The number of pyridine rings is 1. The van der Waals surface area contributed by atoms with Crippen LogP contribution in [0.1, 0.15) is 42.9 Å². The number of carbonyl (C=O) groups is 1. The molecule has 1 fully saturated rings. The Labute approximate surface area is 178 Å². The summed E-state index contributed by atoms with van der Waals surface area (Å²) >= 11 is 0. The van der Waals surface area contributed by atoms with Gasteiger partial charge in [0.2, 0.25) is 0 Å². The molecule has 1 aliphatic heterocycles. The third-order valence-corrected chi connectivity index (χ3v) is 4.87. The lowest BCUT2D eigenvalue weighted by Crippen LogP contribution is -2.51. The second kappa shape index (κ2) is 10.1. The summed E-state index contributed by atoms with van der Waals surface area (Å²) < 4.78 is 12.0. The van der Waals surface area contributed by atoms with Crippen molar-refractivity contribution in [1.82, 2.24) is 9.88 Å². The number of benzene rings is 1. The van der Waals surface area contributed by atoms with Crippen molar-refractivity contribution in [1.29, 1.82) is 0 Å². The second-order valence-corrected chi connectivity index (χ2v) is 8.09. The largest absolute Gasteiger partial charge is 0.490 e. The van der Waals surface area contributed by atoms with Crippen LogP contribution in [0.25, 0.3) is 0 Å². The zero-order valence-corrected chi connectivity index (χ0v) is 18.0. The van der Waals surface area contributed by atoms with E-state index in [1.807, 2.05) is 35.2 Å². The minimum absolute atomic E-state index is 0. The molecule has 7 heteroatoms. The molecule has 2 aromatic rings. The lowest BCUT2D eigenvalue weighted by atomic mass is 9.87. The molecule has 0 aliphatic carbocycles. The molecule has 29 heavy (non-hydrogen) atoms. The quantitative estimate of drug-likeness (QED) is 0.802. The number of ether oxygens (including phenoxy) is 2. The summed E-state index contributed by atoms with van der Waals surface area (Å²) in [4.78, 5) is 19.5. The molecule has 1 aromatic heterocycles. The first-order chi connectivity index (χ1) is 13.4. The maximum absolute atomic E-state index is 13.3. The van der Waals surface area contributed by atoms with Crippen molar-refractivity contribution in [2.75, 3.05) is 26.2 Å². The van der Waals surface area contributed by atoms with E-state index in [-0.39, 0.29) is 35.9 Å². The molecule has 6 nitrogen and oxygen atoms in total. The van der Waals surface area contributed by atoms with E-state index in [9.17, 15) is 4.79 Å². The molecule has 1 amide bonds. The maximum atomic E-state index is 13.3. The predicted molar refractivity (Wildman–Crippen MR) is 115 cm³/mol. The summed E-state index contributed by atoms with van der Waals surface area (Å²) in [6.45, 7) is 8.09. The Morgan fingerprint density at radius 2 is 1.93 bits per heavy atom. The van der Waals surface area contributed by atoms with Gasteiger partial charge in [-0.05, 0) is 23.1 Å². The Hall–Kier alpha value is -2.15. The summed E-state index contributed by atoms with van der Waals surface area (Å²) in [5.41, 5.74) is 6.82. The van der Waals surface area contributed by atoms with Crippen LogP contribution in [0.3, 0.4) is 0 Å². The molecule has 1 aromatic carbocycles. The third-order valence-electron chi connectivity index (χ3n) is 4.87. The molecule has 2 atom stereocenters. The number of morpholine rings is 1. The number of nitrogens with two attached hydrogens (primary N) is 1. The van der Waals surface area contributed by atoms with Crippen LogP contribution >= 0.6 is 12.4 Å². The van der Waals surface area contributed by atoms with Gasteiger partial charge >= 0.3 is 0 Å². The summed E-state index contributed by atoms with van der Waals surface area (Å²) in [5, 5.41) is 0. The minimum atomic E-state index is -0.180. The number of hydrogen-bond donors (Lipinski definition) is 1. The molecule has 0 spiro atoms. The Morgan fingerprint density at radius 3 is 2.59 bits per heavy atom. The highest BCUT2D eigenvalue weighted by Gasteiger charge is 2.38. The first-order valence-electron chi connectivity index (χ1n) is 9.67. The molecule has 0 radical (unpaired) electrons. The van der Waals surface area contributed by atoms with Gasteiger partial charge in [-0.2, -0.15) is 0 Å². The first-order valence-corrected chi connectivity index (χ1v) is 9.67. The van der Waals surface area contributed by atoms with Crippen molar-refractivity contribution in [2.45, 2.75) is 33.0 Å². The van der Waals surface area contributed by atoms with Crippen molar-refractivity contribution < 1.29 is 14.3 Å². The second-order valence-electron chi connectivity index (χ2n) is 8.09. The van der Waals surface area contributed by atoms with Crippen molar-refractivity contribution >= 4 is 18.3 Å². The van der Waals surface area contributed by atoms with E-state index in [1.54, 1.807) is 18.3 Å². The predicted octanol–water partition coefficient (Wildman–Crippen LogP) is 3.47. The highest BCUT2D eigenvalue weighted by Crippen LogP contribution is 2.34. The van der Waals surface area contributed by atoms with Gasteiger partial charge in [-0.25, -0.2) is 4.98 Å². The summed E-state index contributed by atoms with van der Waals surface area (Å²) in [7, 11) is 0. The zero-order chi connectivity index (χ0) is 20.1. The van der Waals surface area contributed by atoms with Gasteiger partial charge in [-0.3, -0.25) is 4.79 Å². The van der Waals surface area contributed by atoms with E-state index in [4.69, 9.17) is 15.2 Å². The average molecular weight is 420 g/mol. The summed E-state index contributed by atoms with van der Waals surface area (Å²) in [6.07, 6.45) is 1.34. The van der Waals surface area contributed by atoms with E-state index >= 15 is 0 Å². The Balaban J connectivity index is 0.00000300. The van der Waals surface area contributed by atoms with E-state index in [1.165, 1.54) is 0 Å². The number of nitrogens with zero attached hydrogens (tertiary/aromatic N) is 2. The standard InChI is InChI=1S/C22H29N3O3.ClH/c1-22(2,3)19-15-25(14-18(28-19)16-8-5-4-6-9-16)21(26)20-17(27-13-11-23)10-7-12-24-20;/h4-10,12,18-19H,11,13-15,23H2,1-3H3;1H/t18-,19+;/m0./s1. The lowest BCUT2D eigenvalue weighted by molar-refractivity contribution is -0.119. The van der Waals surface area contributed by atoms with Crippen LogP contribution in [0.4, 0.5) is 0 Å². The van der Waals surface area contributed by atoms with E-state index in [2.05, 4.69) is 25.8 Å². The van der Waals surface area contributed by atoms with Gasteiger partial charge in [0, 0.05) is 19.3 Å². The van der Waals surface area contributed by atoms with Crippen LogP contribution in [-0.4, -0.2) is 48.1 Å². The Bertz CT molecular complexity index is 795. The molecule has 158 valence electrons. The fourth-order valence-electron chi connectivity index (χ4n) is 3.24. The molecule has 2 heterocycles. The SMILES string of the molecule is CC(C)(C)[C@H]1CN(C(=O)c2ncccc2OCCN)C[C@@H](c2ccccc2)O1.Cl. The van der Waals surface area contributed by atoms with Crippen molar-refractivity contribution in [3.8, 4) is 5.75 Å². The fraction of sp³-hybridized carbons (Fsp3) is 0.455. The number of aromatic nitrogens is 1. The van der Waals surface area contributed by atoms with Crippen LogP contribution < -0.4 is 10.5 Å². The highest BCUT2D eigenvalue weighted by atomic mass is 35.5. The fourth-order valence-corrected chi connectivity index (χ4v) is 3.24. The molecule has 1 aliphatic rings. The number of carbonyl (C=O) groups excluding carboxylic acids is 1. The van der Waals surface area contributed by atoms with Gasteiger partial charge in [0.05, 0.1) is 12.6 Å². The van der Waals surface area contributed by atoms with E-state index in [0.717, 1.165) is 5.56 Å². The monoisotopic (exact) mass is 419 g/mol. The van der Waals surface area contributed by atoms with E-state index in [0.29, 0.717) is 37.7 Å². The number of hydrogen-bond acceptors (Lipinski definition) is 5. The van der Waals surface area contributed by atoms with Crippen LogP contribution in [-0.2, 0) is 4.74 Å². The average Bonchev–Trinajstić information content (AvgIpc) is 2.71. The maximum Gasteiger partial charge on any atom is 0.276 e. The lowest BCUT2D eigenvalue weighted by Gasteiger charge is -2.43. The van der Waals surface area contributed by atoms with Crippen LogP contribution in [0.5, 0.6) is 5.75 Å². The molecule has 0 bridgehead atoms. The molecule has 2 N–H and O–H groups in total. The minimum Gasteiger partial charge on any atom is -0.490 e. The van der Waals surface area contributed by atoms with E-state index < -0.39 is 0 Å². The summed E-state index contributed by atoms with van der Waals surface area (Å²) in [6, 6.07) is 13.5. The molecule has 0 saturated carbocycles. The molecule has 0 unspecified atom stereocenters. The van der Waals surface area contributed by atoms with Gasteiger partial charge in [-0.15, -0.1) is 12.4 Å². The number of halogens is 1. The van der Waals surface area contributed by atoms with Gasteiger partial charge in [-0.1, -0.05) is 51.1 Å². The third kappa shape index (κ3) is 5.69. The van der Waals surface area contributed by atoms with Gasteiger partial charge in [0.1, 0.15) is 12.7 Å². The Morgan fingerprint density at radius 1 is 1.21 bits per heavy atom. The molecule has 1 saturated heterocycles. The zero-order valence-electron chi connectivity index (χ0n) is 17.2. The van der Waals surface area contributed by atoms with Crippen LogP contribution in [0.2, 0.25) is 0 Å². The van der Waals surface area contributed by atoms with Crippen molar-refractivity contribution in [3.05, 3.63) is 59.9 Å². The smallest absolute Gasteiger partial charge is 0.276 e. The normalized spacial score (nSPS) is 19.4. The summed E-state index contributed by atoms with van der Waals surface area (Å²) in [5.74, 6) is 0.319. The highest BCUT2D eigenvalue weighted by molar-refractivity contribution is 5.95. The van der Waals surface area contributed by atoms with Crippen LogP contribution in [0.15, 0.2) is 48.7 Å². The van der Waals surface area contributed by atoms with Crippen molar-refractivity contribution in [3.63, 3.8) is 0 Å². The molecule has 3 rings (SSSR count). The number of amides is 1.